The van der Waals surface area contributed by atoms with E-state index in [0.29, 0.717) is 18.6 Å². The van der Waals surface area contributed by atoms with Crippen LogP contribution in [0, 0.1) is 0 Å². The third-order valence-corrected chi connectivity index (χ3v) is 6.52. The number of anilines is 1. The number of benzene rings is 2. The standard InChI is InChI=1S/C25H25F9N2O2/c1-4-17-12-19(18-11-14(23(26,27)28)6-7-20(18)36(17)22(37)38-5-2)21(35-3)13-8-15(24(29,30)31)10-16(9-13)25(32,33)34/h6-11,17,19,21,35H,4-5,12H2,1-3H3/t17-,19+,21-/m1/s1. The van der Waals surface area contributed by atoms with Crippen LogP contribution in [-0.2, 0) is 23.3 Å². The Balaban J connectivity index is 2.27. The number of nitrogens with zero attached hydrogens (tertiary/aromatic N) is 1. The lowest BCUT2D eigenvalue weighted by molar-refractivity contribution is -0.143. The summed E-state index contributed by atoms with van der Waals surface area (Å²) in [6, 6.07) is 1.83. The van der Waals surface area contributed by atoms with Crippen LogP contribution in [0.4, 0.5) is 50.0 Å². The van der Waals surface area contributed by atoms with Gasteiger partial charge < -0.3 is 10.1 Å². The average Bonchev–Trinajstić information content (AvgIpc) is 2.82. The van der Waals surface area contributed by atoms with Gasteiger partial charge in [-0.1, -0.05) is 6.92 Å². The van der Waals surface area contributed by atoms with Crippen LogP contribution in [0.5, 0.6) is 0 Å². The first kappa shape index (κ1) is 29.6. The SMILES string of the molecule is CCOC(=O)N1c2ccc(C(F)(F)F)cc2[C@@H]([C@H](NC)c2cc(C(F)(F)F)cc(C(F)(F)F)c2)C[C@H]1CC. The Morgan fingerprint density at radius 2 is 1.47 bits per heavy atom. The summed E-state index contributed by atoms with van der Waals surface area (Å²) in [6.07, 6.45) is -15.6. The van der Waals surface area contributed by atoms with Crippen molar-refractivity contribution in [2.45, 2.75) is 63.2 Å². The number of likely N-dealkylation sites (N-methyl/N-ethyl adjacent to an activating group) is 1. The van der Waals surface area contributed by atoms with Gasteiger partial charge >= 0.3 is 24.6 Å². The number of rotatable bonds is 5. The molecule has 0 saturated heterocycles. The summed E-state index contributed by atoms with van der Waals surface area (Å²) >= 11 is 0. The molecule has 1 heterocycles. The van der Waals surface area contributed by atoms with E-state index in [9.17, 15) is 44.3 Å². The predicted molar refractivity (Wildman–Crippen MR) is 121 cm³/mol. The second-order valence-electron chi connectivity index (χ2n) is 8.85. The third-order valence-electron chi connectivity index (χ3n) is 6.52. The molecule has 38 heavy (non-hydrogen) atoms. The highest BCUT2D eigenvalue weighted by Crippen LogP contribution is 2.48. The van der Waals surface area contributed by atoms with Gasteiger partial charge in [-0.3, -0.25) is 4.90 Å². The molecule has 210 valence electrons. The number of hydrogen-bond acceptors (Lipinski definition) is 3. The van der Waals surface area contributed by atoms with E-state index in [0.717, 1.165) is 18.2 Å². The van der Waals surface area contributed by atoms with Crippen molar-refractivity contribution in [2.75, 3.05) is 18.6 Å². The Morgan fingerprint density at radius 1 is 0.921 bits per heavy atom. The zero-order chi connectivity index (χ0) is 28.6. The predicted octanol–water partition coefficient (Wildman–Crippen LogP) is 7.93. The minimum Gasteiger partial charge on any atom is -0.449 e. The molecule has 1 amide bonds. The monoisotopic (exact) mass is 556 g/mol. The van der Waals surface area contributed by atoms with Crippen LogP contribution in [0.25, 0.3) is 0 Å². The fraction of sp³-hybridized carbons (Fsp3) is 0.480. The van der Waals surface area contributed by atoms with Crippen molar-refractivity contribution in [1.82, 2.24) is 5.32 Å². The number of nitrogens with one attached hydrogen (secondary N) is 1. The fourth-order valence-corrected chi connectivity index (χ4v) is 4.83. The van der Waals surface area contributed by atoms with E-state index in [1.807, 2.05) is 0 Å². The maximum atomic E-state index is 13.6. The maximum absolute atomic E-state index is 13.6. The summed E-state index contributed by atoms with van der Waals surface area (Å²) in [5.74, 6) is -1.02. The number of ether oxygens (including phenoxy) is 1. The highest BCUT2D eigenvalue weighted by atomic mass is 19.4. The highest BCUT2D eigenvalue weighted by molar-refractivity contribution is 5.90. The molecule has 2 aromatic carbocycles. The Kier molecular flexibility index (Phi) is 8.30. The minimum atomic E-state index is -5.10. The molecule has 0 bridgehead atoms. The smallest absolute Gasteiger partial charge is 0.416 e. The molecular formula is C25H25F9N2O2. The molecule has 0 saturated carbocycles. The lowest BCUT2D eigenvalue weighted by Gasteiger charge is -2.43. The quantitative estimate of drug-likeness (QED) is 0.381. The van der Waals surface area contributed by atoms with E-state index in [2.05, 4.69) is 5.32 Å². The number of carbonyl (C=O) groups excluding carboxylic acids is 1. The average molecular weight is 556 g/mol. The van der Waals surface area contributed by atoms with Crippen LogP contribution in [0.15, 0.2) is 36.4 Å². The molecule has 0 fully saturated rings. The second-order valence-corrected chi connectivity index (χ2v) is 8.85. The van der Waals surface area contributed by atoms with Crippen molar-refractivity contribution in [3.63, 3.8) is 0 Å². The number of hydrogen-bond donors (Lipinski definition) is 1. The molecule has 4 nitrogen and oxygen atoms in total. The molecule has 13 heteroatoms. The van der Waals surface area contributed by atoms with E-state index < -0.39 is 64.9 Å². The van der Waals surface area contributed by atoms with Crippen LogP contribution >= 0.6 is 0 Å². The second kappa shape index (κ2) is 10.7. The summed E-state index contributed by atoms with van der Waals surface area (Å²) in [5, 5.41) is 2.71. The first-order chi connectivity index (χ1) is 17.5. The van der Waals surface area contributed by atoms with Gasteiger partial charge in [0.2, 0.25) is 0 Å². The van der Waals surface area contributed by atoms with E-state index in [-0.39, 0.29) is 30.3 Å². The number of amides is 1. The Hall–Kier alpha value is -2.96. The summed E-state index contributed by atoms with van der Waals surface area (Å²) < 4.78 is 127. The molecule has 0 radical (unpaired) electrons. The largest absolute Gasteiger partial charge is 0.449 e. The Labute approximate surface area is 212 Å². The summed E-state index contributed by atoms with van der Waals surface area (Å²) in [4.78, 5) is 13.9. The van der Waals surface area contributed by atoms with Crippen molar-refractivity contribution in [1.29, 1.82) is 0 Å². The zero-order valence-corrected chi connectivity index (χ0v) is 20.5. The molecule has 0 aliphatic carbocycles. The van der Waals surface area contributed by atoms with Gasteiger partial charge in [0, 0.05) is 18.0 Å². The molecule has 2 aromatic rings. The first-order valence-electron chi connectivity index (χ1n) is 11.7. The van der Waals surface area contributed by atoms with Crippen molar-refractivity contribution in [3.8, 4) is 0 Å². The van der Waals surface area contributed by atoms with Crippen molar-refractivity contribution < 1.29 is 49.0 Å². The Morgan fingerprint density at radius 3 is 1.92 bits per heavy atom. The molecule has 0 spiro atoms. The van der Waals surface area contributed by atoms with Gasteiger partial charge in [0.05, 0.1) is 29.0 Å². The minimum absolute atomic E-state index is 0.00979. The van der Waals surface area contributed by atoms with Gasteiger partial charge in [-0.2, -0.15) is 39.5 Å². The molecule has 0 unspecified atom stereocenters. The van der Waals surface area contributed by atoms with Gasteiger partial charge in [-0.15, -0.1) is 0 Å². The highest BCUT2D eigenvalue weighted by Gasteiger charge is 2.43. The van der Waals surface area contributed by atoms with Crippen LogP contribution in [0.2, 0.25) is 0 Å². The van der Waals surface area contributed by atoms with E-state index in [1.165, 1.54) is 11.9 Å². The normalized spacial score (nSPS) is 19.2. The number of carbonyl (C=O) groups is 1. The summed E-state index contributed by atoms with van der Waals surface area (Å²) in [6.45, 7) is 3.22. The first-order valence-corrected chi connectivity index (χ1v) is 11.7. The van der Waals surface area contributed by atoms with Gasteiger partial charge in [0.25, 0.3) is 0 Å². The van der Waals surface area contributed by atoms with Gasteiger partial charge in [0.15, 0.2) is 0 Å². The molecule has 1 aliphatic heterocycles. The van der Waals surface area contributed by atoms with E-state index in [1.54, 1.807) is 13.8 Å². The van der Waals surface area contributed by atoms with Crippen LogP contribution < -0.4 is 10.2 Å². The third kappa shape index (κ3) is 6.02. The lowest BCUT2D eigenvalue weighted by Crippen LogP contribution is -2.46. The van der Waals surface area contributed by atoms with Gasteiger partial charge in [0.1, 0.15) is 0 Å². The molecule has 3 rings (SSSR count). The molecule has 3 atom stereocenters. The van der Waals surface area contributed by atoms with Crippen molar-refractivity contribution in [3.05, 3.63) is 64.2 Å². The van der Waals surface area contributed by atoms with Crippen molar-refractivity contribution in [2.24, 2.45) is 0 Å². The zero-order valence-electron chi connectivity index (χ0n) is 20.5. The topological polar surface area (TPSA) is 41.6 Å². The molecule has 1 N–H and O–H groups in total. The summed E-state index contributed by atoms with van der Waals surface area (Å²) in [5.41, 5.74) is -4.56. The van der Waals surface area contributed by atoms with Gasteiger partial charge in [-0.05, 0) is 74.3 Å². The molecule has 1 aliphatic rings. The number of halogens is 9. The van der Waals surface area contributed by atoms with E-state index >= 15 is 0 Å². The lowest BCUT2D eigenvalue weighted by atomic mass is 9.77. The number of alkyl halides is 9. The van der Waals surface area contributed by atoms with Crippen molar-refractivity contribution >= 4 is 11.8 Å². The van der Waals surface area contributed by atoms with Crippen LogP contribution in [0.1, 0.15) is 66.5 Å². The van der Waals surface area contributed by atoms with Crippen LogP contribution in [0.3, 0.4) is 0 Å². The summed E-state index contributed by atoms with van der Waals surface area (Å²) in [7, 11) is 1.30. The number of fused-ring (bicyclic) bond motifs is 1. The molecular weight excluding hydrogens is 531 g/mol. The van der Waals surface area contributed by atoms with Crippen LogP contribution in [-0.4, -0.2) is 25.8 Å². The maximum Gasteiger partial charge on any atom is 0.416 e. The fourth-order valence-electron chi connectivity index (χ4n) is 4.83. The van der Waals surface area contributed by atoms with E-state index in [4.69, 9.17) is 4.74 Å². The van der Waals surface area contributed by atoms with Gasteiger partial charge in [-0.25, -0.2) is 4.79 Å². The molecule has 0 aromatic heterocycles. The Bertz CT molecular complexity index is 1130.